The van der Waals surface area contributed by atoms with Gasteiger partial charge in [0.1, 0.15) is 5.69 Å². The van der Waals surface area contributed by atoms with Crippen LogP contribution in [0, 0.1) is 10.1 Å². The fourth-order valence-corrected chi connectivity index (χ4v) is 2.20. The van der Waals surface area contributed by atoms with Crippen LogP contribution in [0.25, 0.3) is 0 Å². The number of aryl methyl sites for hydroxylation is 1. The molecule has 1 aromatic carbocycles. The number of aromatic nitrogens is 1. The number of nitrogens with zero attached hydrogens (tertiary/aromatic N) is 2. The van der Waals surface area contributed by atoms with Gasteiger partial charge in [-0.1, -0.05) is 0 Å². The third-order valence-electron chi connectivity index (χ3n) is 3.17. The van der Waals surface area contributed by atoms with E-state index in [1.165, 1.54) is 6.07 Å². The van der Waals surface area contributed by atoms with Crippen molar-refractivity contribution in [1.29, 1.82) is 0 Å². The van der Waals surface area contributed by atoms with Gasteiger partial charge in [-0.2, -0.15) is 0 Å². The highest BCUT2D eigenvalue weighted by Crippen LogP contribution is 2.34. The lowest BCUT2D eigenvalue weighted by Gasteiger charge is -2.18. The van der Waals surface area contributed by atoms with Gasteiger partial charge in [0, 0.05) is 30.6 Å². The lowest BCUT2D eigenvalue weighted by Crippen LogP contribution is -2.20. The number of hydrogen-bond donors (Lipinski definition) is 2. The molecular weight excluding hydrogens is 260 g/mol. The minimum atomic E-state index is -0.428. The number of hydrogen-bond acceptors (Lipinski definition) is 4. The number of nitro groups is 1. The van der Waals surface area contributed by atoms with Crippen LogP contribution in [-0.2, 0) is 11.2 Å². The van der Waals surface area contributed by atoms with E-state index >= 15 is 0 Å². The Kier molecular flexibility index (Phi) is 2.86. The minimum Gasteiger partial charge on any atom is -0.326 e. The maximum atomic E-state index is 11.4. The first-order chi connectivity index (χ1) is 9.63. The van der Waals surface area contributed by atoms with Gasteiger partial charge in [-0.25, -0.2) is 0 Å². The second kappa shape index (κ2) is 4.69. The van der Waals surface area contributed by atoms with E-state index in [0.29, 0.717) is 24.2 Å². The molecular formula is C13H12N4O3. The second-order valence-corrected chi connectivity index (χ2v) is 4.53. The maximum Gasteiger partial charge on any atom is 0.294 e. The van der Waals surface area contributed by atoms with Crippen molar-refractivity contribution in [2.75, 3.05) is 10.7 Å². The lowest BCUT2D eigenvalue weighted by atomic mass is 10.0. The number of carbonyl (C=O) groups is 1. The Morgan fingerprint density at radius 1 is 1.25 bits per heavy atom. The van der Waals surface area contributed by atoms with Crippen LogP contribution >= 0.6 is 0 Å². The molecule has 7 heteroatoms. The maximum absolute atomic E-state index is 11.4. The molecule has 1 aliphatic heterocycles. The number of carbonyl (C=O) groups excluding carboxylic acids is 1. The third-order valence-corrected chi connectivity index (χ3v) is 3.17. The molecule has 2 heterocycles. The fourth-order valence-electron chi connectivity index (χ4n) is 2.20. The van der Waals surface area contributed by atoms with Crippen molar-refractivity contribution in [3.8, 4) is 0 Å². The highest BCUT2D eigenvalue weighted by molar-refractivity contribution is 5.95. The number of nitrogens with one attached hydrogen (secondary N) is 2. The van der Waals surface area contributed by atoms with Gasteiger partial charge >= 0.3 is 0 Å². The highest BCUT2D eigenvalue weighted by atomic mass is 16.6. The summed E-state index contributed by atoms with van der Waals surface area (Å²) in [7, 11) is 0. The molecule has 0 saturated carbocycles. The summed E-state index contributed by atoms with van der Waals surface area (Å²) in [6, 6.07) is 6.73. The molecule has 1 aliphatic rings. The summed E-state index contributed by atoms with van der Waals surface area (Å²) >= 11 is 0. The molecule has 3 rings (SSSR count). The predicted octanol–water partition coefficient (Wildman–Crippen LogP) is 2.16. The van der Waals surface area contributed by atoms with E-state index in [9.17, 15) is 14.9 Å². The second-order valence-electron chi connectivity index (χ2n) is 4.53. The van der Waals surface area contributed by atoms with E-state index in [1.54, 1.807) is 35.3 Å². The molecule has 20 heavy (non-hydrogen) atoms. The van der Waals surface area contributed by atoms with E-state index < -0.39 is 4.92 Å². The molecule has 0 bridgehead atoms. The third kappa shape index (κ3) is 2.20. The molecule has 2 N–H and O–H groups in total. The largest absolute Gasteiger partial charge is 0.326 e. The van der Waals surface area contributed by atoms with Gasteiger partial charge in [0.05, 0.1) is 4.92 Å². The van der Waals surface area contributed by atoms with Gasteiger partial charge in [-0.05, 0) is 30.2 Å². The Morgan fingerprint density at radius 2 is 2.00 bits per heavy atom. The van der Waals surface area contributed by atoms with E-state index in [1.807, 2.05) is 0 Å². The molecule has 1 aromatic heterocycles. The van der Waals surface area contributed by atoms with Gasteiger partial charge in [0.15, 0.2) is 0 Å². The minimum absolute atomic E-state index is 0.00593. The summed E-state index contributed by atoms with van der Waals surface area (Å²) in [5, 5.41) is 13.9. The van der Waals surface area contributed by atoms with E-state index in [2.05, 4.69) is 10.7 Å². The van der Waals surface area contributed by atoms with Gasteiger partial charge < -0.3 is 5.32 Å². The quantitative estimate of drug-likeness (QED) is 0.661. The normalized spacial score (nSPS) is 13.5. The molecule has 0 atom stereocenters. The van der Waals surface area contributed by atoms with Crippen molar-refractivity contribution in [1.82, 2.24) is 4.68 Å². The Morgan fingerprint density at radius 3 is 2.70 bits per heavy atom. The van der Waals surface area contributed by atoms with Gasteiger partial charge in [-0.15, -0.1) is 0 Å². The SMILES string of the molecule is O=C1CCc2cc([N+](=O)[O-])c(Nn3cccc3)cc2N1. The van der Waals surface area contributed by atoms with Crippen molar-refractivity contribution >= 4 is 23.0 Å². The number of benzene rings is 1. The molecule has 0 spiro atoms. The van der Waals surface area contributed by atoms with Crippen molar-refractivity contribution < 1.29 is 9.72 Å². The summed E-state index contributed by atoms with van der Waals surface area (Å²) in [5.41, 5.74) is 4.67. The topological polar surface area (TPSA) is 89.2 Å². The van der Waals surface area contributed by atoms with Crippen LogP contribution in [-0.4, -0.2) is 15.5 Å². The Balaban J connectivity index is 2.04. The molecule has 0 aliphatic carbocycles. The fraction of sp³-hybridized carbons (Fsp3) is 0.154. The van der Waals surface area contributed by atoms with Gasteiger partial charge in [0.25, 0.3) is 5.69 Å². The van der Waals surface area contributed by atoms with Crippen LogP contribution < -0.4 is 10.7 Å². The number of rotatable bonds is 3. The number of anilines is 2. The van der Waals surface area contributed by atoms with Crippen molar-refractivity contribution in [3.63, 3.8) is 0 Å². The molecule has 7 nitrogen and oxygen atoms in total. The lowest BCUT2D eigenvalue weighted by molar-refractivity contribution is -0.384. The Bertz CT molecular complexity index is 679. The number of fused-ring (bicyclic) bond motifs is 1. The zero-order chi connectivity index (χ0) is 14.1. The summed E-state index contributed by atoms with van der Waals surface area (Å²) in [6.45, 7) is 0. The van der Waals surface area contributed by atoms with Crippen molar-refractivity contribution in [2.45, 2.75) is 12.8 Å². The summed E-state index contributed by atoms with van der Waals surface area (Å²) in [6.07, 6.45) is 4.35. The first-order valence-electron chi connectivity index (χ1n) is 6.14. The Hall–Kier alpha value is -2.83. The predicted molar refractivity (Wildman–Crippen MR) is 73.5 cm³/mol. The monoisotopic (exact) mass is 272 g/mol. The standard InChI is InChI=1S/C13H12N4O3/c18-13-4-3-9-7-12(17(19)20)11(8-10(9)14-13)15-16-5-1-2-6-16/h1-2,5-8,15H,3-4H2,(H,14,18). The average Bonchev–Trinajstić information content (AvgIpc) is 2.90. The molecule has 102 valence electrons. The van der Waals surface area contributed by atoms with Crippen LogP contribution in [0.15, 0.2) is 36.7 Å². The number of amides is 1. The van der Waals surface area contributed by atoms with Crippen molar-refractivity contribution in [3.05, 3.63) is 52.3 Å². The summed E-state index contributed by atoms with van der Waals surface area (Å²) in [4.78, 5) is 22.1. The van der Waals surface area contributed by atoms with Crippen LogP contribution in [0.2, 0.25) is 0 Å². The van der Waals surface area contributed by atoms with Gasteiger partial charge in [0.2, 0.25) is 5.91 Å². The molecule has 0 radical (unpaired) electrons. The highest BCUT2D eigenvalue weighted by Gasteiger charge is 2.22. The summed E-state index contributed by atoms with van der Waals surface area (Å²) < 4.78 is 1.61. The van der Waals surface area contributed by atoms with E-state index in [-0.39, 0.29) is 11.6 Å². The van der Waals surface area contributed by atoms with Crippen LogP contribution in [0.4, 0.5) is 17.1 Å². The molecule has 1 amide bonds. The first kappa shape index (κ1) is 12.2. The van der Waals surface area contributed by atoms with Gasteiger partial charge in [-0.3, -0.25) is 25.0 Å². The summed E-state index contributed by atoms with van der Waals surface area (Å²) in [5.74, 6) is -0.0710. The average molecular weight is 272 g/mol. The van der Waals surface area contributed by atoms with Crippen LogP contribution in [0.3, 0.4) is 0 Å². The number of nitro benzene ring substituents is 1. The molecule has 0 fully saturated rings. The van der Waals surface area contributed by atoms with Crippen molar-refractivity contribution in [2.24, 2.45) is 0 Å². The molecule has 2 aromatic rings. The smallest absolute Gasteiger partial charge is 0.294 e. The Labute approximate surface area is 114 Å². The first-order valence-corrected chi connectivity index (χ1v) is 6.14. The molecule has 0 saturated heterocycles. The zero-order valence-corrected chi connectivity index (χ0v) is 10.5. The molecule has 0 unspecified atom stereocenters. The van der Waals surface area contributed by atoms with E-state index in [0.717, 1.165) is 5.56 Å². The zero-order valence-electron chi connectivity index (χ0n) is 10.5. The van der Waals surface area contributed by atoms with E-state index in [4.69, 9.17) is 0 Å². The van der Waals surface area contributed by atoms with Crippen LogP contribution in [0.5, 0.6) is 0 Å². The van der Waals surface area contributed by atoms with Crippen LogP contribution in [0.1, 0.15) is 12.0 Å².